The van der Waals surface area contributed by atoms with Crippen LogP contribution < -0.4 is 10.6 Å². The van der Waals surface area contributed by atoms with Gasteiger partial charge < -0.3 is 15.2 Å². The summed E-state index contributed by atoms with van der Waals surface area (Å²) in [4.78, 5) is 35.3. The van der Waals surface area contributed by atoms with E-state index in [9.17, 15) is 19.7 Å². The molecule has 1 heterocycles. The number of amides is 2. The van der Waals surface area contributed by atoms with Crippen molar-refractivity contribution in [3.8, 4) is 0 Å². The summed E-state index contributed by atoms with van der Waals surface area (Å²) in [7, 11) is 0. The molecule has 172 valence electrons. The first-order valence-electron chi connectivity index (χ1n) is 10.2. The van der Waals surface area contributed by atoms with Crippen LogP contribution in [0, 0.1) is 24.0 Å². The summed E-state index contributed by atoms with van der Waals surface area (Å²) < 4.78 is 1.82. The van der Waals surface area contributed by atoms with Gasteiger partial charge in [0.05, 0.1) is 17.2 Å². The molecule has 0 fully saturated rings. The molecule has 1 aromatic heterocycles. The van der Waals surface area contributed by atoms with Crippen molar-refractivity contribution in [1.29, 1.82) is 0 Å². The summed E-state index contributed by atoms with van der Waals surface area (Å²) in [6.07, 6.45) is 0. The molecule has 0 radical (unpaired) electrons. The van der Waals surface area contributed by atoms with Crippen molar-refractivity contribution < 1.29 is 14.5 Å². The molecule has 0 saturated carbocycles. The van der Waals surface area contributed by atoms with E-state index in [0.717, 1.165) is 5.56 Å². The Balaban J connectivity index is 1.58. The van der Waals surface area contributed by atoms with Crippen molar-refractivity contribution in [3.63, 3.8) is 0 Å². The number of hydrogen-bond donors (Lipinski definition) is 2. The quantitative estimate of drug-likeness (QED) is 0.279. The highest BCUT2D eigenvalue weighted by molar-refractivity contribution is 7.99. The van der Waals surface area contributed by atoms with E-state index in [4.69, 9.17) is 0 Å². The standard InChI is InChI=1S/C22H24N6O4S/c1-4-27-19(12-23-21(30)16-7-5-6-14(2)10-16)25-26-22(27)33-13-20(29)24-17-9-8-15(3)18(11-17)28(31)32/h5-11H,4,12-13H2,1-3H3,(H,23,30)(H,24,29). The maximum absolute atomic E-state index is 12.4. The van der Waals surface area contributed by atoms with Gasteiger partial charge in [0.25, 0.3) is 11.6 Å². The van der Waals surface area contributed by atoms with E-state index in [1.165, 1.54) is 17.8 Å². The molecule has 0 aliphatic heterocycles. The van der Waals surface area contributed by atoms with Gasteiger partial charge in [0, 0.05) is 29.4 Å². The van der Waals surface area contributed by atoms with Gasteiger partial charge in [-0.05, 0) is 39.0 Å². The van der Waals surface area contributed by atoms with Crippen LogP contribution in [0.25, 0.3) is 0 Å². The lowest BCUT2D eigenvalue weighted by Gasteiger charge is -2.09. The largest absolute Gasteiger partial charge is 0.345 e. The van der Waals surface area contributed by atoms with Crippen molar-refractivity contribution >= 4 is 35.0 Å². The smallest absolute Gasteiger partial charge is 0.274 e. The molecule has 0 unspecified atom stereocenters. The predicted octanol–water partition coefficient (Wildman–Crippen LogP) is 3.48. The minimum atomic E-state index is -0.483. The van der Waals surface area contributed by atoms with Crippen molar-refractivity contribution in [2.24, 2.45) is 0 Å². The van der Waals surface area contributed by atoms with E-state index in [1.54, 1.807) is 25.1 Å². The van der Waals surface area contributed by atoms with Gasteiger partial charge in [0.1, 0.15) is 0 Å². The molecule has 0 aliphatic carbocycles. The number of benzene rings is 2. The molecule has 2 amide bonds. The maximum atomic E-state index is 12.4. The second-order valence-corrected chi connectivity index (χ2v) is 8.23. The molecule has 11 heteroatoms. The van der Waals surface area contributed by atoms with Crippen molar-refractivity contribution in [1.82, 2.24) is 20.1 Å². The zero-order valence-corrected chi connectivity index (χ0v) is 19.3. The monoisotopic (exact) mass is 468 g/mol. The number of rotatable bonds is 9. The number of aryl methyl sites for hydroxylation is 2. The third-order valence-electron chi connectivity index (χ3n) is 4.82. The summed E-state index contributed by atoms with van der Waals surface area (Å²) in [5.74, 6) is 0.105. The number of carbonyl (C=O) groups excluding carboxylic acids is 2. The molecular weight excluding hydrogens is 444 g/mol. The van der Waals surface area contributed by atoms with E-state index in [0.29, 0.717) is 34.3 Å². The van der Waals surface area contributed by atoms with Crippen LogP contribution in [-0.4, -0.2) is 37.3 Å². The number of nitro groups is 1. The fourth-order valence-corrected chi connectivity index (χ4v) is 3.95. The maximum Gasteiger partial charge on any atom is 0.274 e. The van der Waals surface area contributed by atoms with Gasteiger partial charge in [0.15, 0.2) is 11.0 Å². The van der Waals surface area contributed by atoms with Gasteiger partial charge in [-0.25, -0.2) is 0 Å². The number of nitrogens with one attached hydrogen (secondary N) is 2. The number of hydrogen-bond acceptors (Lipinski definition) is 7. The highest BCUT2D eigenvalue weighted by Gasteiger charge is 2.16. The van der Waals surface area contributed by atoms with Gasteiger partial charge in [0.2, 0.25) is 5.91 Å². The molecule has 2 aromatic carbocycles. The fraction of sp³-hybridized carbons (Fsp3) is 0.273. The number of nitrogens with zero attached hydrogens (tertiary/aromatic N) is 4. The van der Waals surface area contributed by atoms with Crippen molar-refractivity contribution in [2.75, 3.05) is 11.1 Å². The third kappa shape index (κ3) is 6.16. The van der Waals surface area contributed by atoms with Crippen LogP contribution in [0.1, 0.15) is 34.2 Å². The van der Waals surface area contributed by atoms with E-state index >= 15 is 0 Å². The minimum Gasteiger partial charge on any atom is -0.345 e. The zero-order valence-electron chi connectivity index (χ0n) is 18.5. The third-order valence-corrected chi connectivity index (χ3v) is 5.79. The first kappa shape index (κ1) is 23.9. The molecule has 33 heavy (non-hydrogen) atoms. The number of thioether (sulfide) groups is 1. The normalized spacial score (nSPS) is 10.6. The Hall–Kier alpha value is -3.73. The molecule has 3 rings (SSSR count). The molecule has 0 bridgehead atoms. The number of anilines is 1. The molecule has 0 atom stereocenters. The Kier molecular flexibility index (Phi) is 7.78. The topological polar surface area (TPSA) is 132 Å². The summed E-state index contributed by atoms with van der Waals surface area (Å²) in [6, 6.07) is 11.8. The lowest BCUT2D eigenvalue weighted by molar-refractivity contribution is -0.385. The van der Waals surface area contributed by atoms with Crippen molar-refractivity contribution in [3.05, 3.63) is 75.1 Å². The van der Waals surface area contributed by atoms with Crippen LogP contribution in [0.15, 0.2) is 47.6 Å². The average molecular weight is 469 g/mol. The summed E-state index contributed by atoms with van der Waals surface area (Å²) in [5.41, 5.74) is 2.39. The van der Waals surface area contributed by atoms with Crippen LogP contribution in [0.5, 0.6) is 0 Å². The second-order valence-electron chi connectivity index (χ2n) is 7.29. The van der Waals surface area contributed by atoms with Crippen LogP contribution in [0.4, 0.5) is 11.4 Å². The average Bonchev–Trinajstić information content (AvgIpc) is 3.19. The van der Waals surface area contributed by atoms with Crippen molar-refractivity contribution in [2.45, 2.75) is 39.0 Å². The molecule has 3 aromatic rings. The predicted molar refractivity (Wildman–Crippen MR) is 125 cm³/mol. The number of carbonyl (C=O) groups is 2. The van der Waals surface area contributed by atoms with Gasteiger partial charge in [-0.1, -0.05) is 35.5 Å². The van der Waals surface area contributed by atoms with E-state index in [2.05, 4.69) is 20.8 Å². The Morgan fingerprint density at radius 3 is 2.64 bits per heavy atom. The highest BCUT2D eigenvalue weighted by atomic mass is 32.2. The SMILES string of the molecule is CCn1c(CNC(=O)c2cccc(C)c2)nnc1SCC(=O)Nc1ccc(C)c([N+](=O)[O-])c1. The Labute approximate surface area is 194 Å². The molecule has 0 aliphatic rings. The molecule has 0 saturated heterocycles. The second kappa shape index (κ2) is 10.7. The lowest BCUT2D eigenvalue weighted by atomic mass is 10.1. The molecule has 10 nitrogen and oxygen atoms in total. The zero-order chi connectivity index (χ0) is 24.0. The molecular formula is C22H24N6O4S. The van der Waals surface area contributed by atoms with Crippen LogP contribution in [0.3, 0.4) is 0 Å². The molecule has 0 spiro atoms. The minimum absolute atomic E-state index is 0.0511. The van der Waals surface area contributed by atoms with E-state index in [-0.39, 0.29) is 29.8 Å². The molecule has 2 N–H and O–H groups in total. The Morgan fingerprint density at radius 2 is 1.94 bits per heavy atom. The van der Waals surface area contributed by atoms with E-state index < -0.39 is 4.92 Å². The van der Waals surface area contributed by atoms with Gasteiger partial charge in [-0.15, -0.1) is 10.2 Å². The van der Waals surface area contributed by atoms with Gasteiger partial charge in [-0.3, -0.25) is 19.7 Å². The highest BCUT2D eigenvalue weighted by Crippen LogP contribution is 2.23. The summed E-state index contributed by atoms with van der Waals surface area (Å²) in [6.45, 7) is 6.25. The van der Waals surface area contributed by atoms with Gasteiger partial charge >= 0.3 is 0 Å². The number of aromatic nitrogens is 3. The van der Waals surface area contributed by atoms with Crippen LogP contribution >= 0.6 is 11.8 Å². The Bertz CT molecular complexity index is 1190. The first-order chi connectivity index (χ1) is 15.8. The van der Waals surface area contributed by atoms with Gasteiger partial charge in [-0.2, -0.15) is 0 Å². The van der Waals surface area contributed by atoms with Crippen LogP contribution in [0.2, 0.25) is 0 Å². The first-order valence-corrected chi connectivity index (χ1v) is 11.2. The summed E-state index contributed by atoms with van der Waals surface area (Å²) >= 11 is 1.20. The van der Waals surface area contributed by atoms with E-state index in [1.807, 2.05) is 36.6 Å². The Morgan fingerprint density at radius 1 is 1.15 bits per heavy atom. The lowest BCUT2D eigenvalue weighted by Crippen LogP contribution is -2.25. The fourth-order valence-electron chi connectivity index (χ4n) is 3.13. The number of nitro benzene ring substituents is 1. The van der Waals surface area contributed by atoms with Crippen LogP contribution in [-0.2, 0) is 17.9 Å². The summed E-state index contributed by atoms with van der Waals surface area (Å²) in [5, 5.41) is 25.4.